The lowest BCUT2D eigenvalue weighted by Crippen LogP contribution is -2.29. The van der Waals surface area contributed by atoms with Gasteiger partial charge in [-0.25, -0.2) is 0 Å². The Morgan fingerprint density at radius 1 is 1.25 bits per heavy atom. The van der Waals surface area contributed by atoms with Crippen LogP contribution in [0.3, 0.4) is 0 Å². The van der Waals surface area contributed by atoms with Crippen molar-refractivity contribution in [2.24, 2.45) is 0 Å². The van der Waals surface area contributed by atoms with Crippen LogP contribution in [-0.2, 0) is 20.7 Å². The van der Waals surface area contributed by atoms with E-state index in [1.165, 1.54) is 0 Å². The number of esters is 1. The van der Waals surface area contributed by atoms with E-state index in [0.717, 1.165) is 18.4 Å². The first-order valence-electron chi connectivity index (χ1n) is 6.71. The number of carbonyl (C=O) groups excluding carboxylic acids is 2. The minimum absolute atomic E-state index is 0.0895. The third-order valence-electron chi connectivity index (χ3n) is 2.74. The smallest absolute Gasteiger partial charge is 0.310 e. The Balaban J connectivity index is 2.35. The number of methoxy groups -OCH3 is 1. The van der Waals surface area contributed by atoms with E-state index in [-0.39, 0.29) is 18.9 Å². The Morgan fingerprint density at radius 3 is 2.70 bits per heavy atom. The molecule has 0 saturated carbocycles. The third kappa shape index (κ3) is 5.73. The van der Waals surface area contributed by atoms with E-state index in [1.54, 1.807) is 19.2 Å². The molecule has 0 aliphatic heterocycles. The van der Waals surface area contributed by atoms with Gasteiger partial charge in [0.2, 0.25) is 0 Å². The average molecular weight is 279 g/mol. The molecule has 5 heteroatoms. The molecule has 0 aliphatic rings. The van der Waals surface area contributed by atoms with Gasteiger partial charge in [0, 0.05) is 12.1 Å². The van der Waals surface area contributed by atoms with Crippen LogP contribution in [0.4, 0.5) is 0 Å². The van der Waals surface area contributed by atoms with Gasteiger partial charge in [0.15, 0.2) is 6.61 Å². The molecule has 0 saturated heterocycles. The number of rotatable bonds is 8. The minimum Gasteiger partial charge on any atom is -0.496 e. The van der Waals surface area contributed by atoms with Gasteiger partial charge >= 0.3 is 5.97 Å². The standard InChI is InChI=1S/C15H21NO4/c1-3-4-9-16-14(17)11-20-15(18)10-12-7-5-6-8-13(12)19-2/h5-8H,3-4,9-11H2,1-2H3,(H,16,17). The lowest BCUT2D eigenvalue weighted by atomic mass is 10.1. The van der Waals surface area contributed by atoms with Gasteiger partial charge in [-0.2, -0.15) is 0 Å². The van der Waals surface area contributed by atoms with Gasteiger partial charge in [0.25, 0.3) is 5.91 Å². The Hall–Kier alpha value is -2.04. The average Bonchev–Trinajstić information content (AvgIpc) is 2.46. The van der Waals surface area contributed by atoms with Crippen LogP contribution >= 0.6 is 0 Å². The third-order valence-corrected chi connectivity index (χ3v) is 2.74. The summed E-state index contributed by atoms with van der Waals surface area (Å²) >= 11 is 0. The zero-order valence-electron chi connectivity index (χ0n) is 12.0. The lowest BCUT2D eigenvalue weighted by Gasteiger charge is -2.08. The van der Waals surface area contributed by atoms with Crippen molar-refractivity contribution in [2.45, 2.75) is 26.2 Å². The van der Waals surface area contributed by atoms with Gasteiger partial charge in [-0.05, 0) is 12.5 Å². The number of benzene rings is 1. The van der Waals surface area contributed by atoms with Crippen LogP contribution in [0.2, 0.25) is 0 Å². The summed E-state index contributed by atoms with van der Waals surface area (Å²) in [6.45, 7) is 2.41. The Labute approximate surface area is 119 Å². The Bertz CT molecular complexity index is 445. The van der Waals surface area contributed by atoms with Gasteiger partial charge in [-0.15, -0.1) is 0 Å². The fourth-order valence-corrected chi connectivity index (χ4v) is 1.66. The SMILES string of the molecule is CCCCNC(=O)COC(=O)Cc1ccccc1OC. The van der Waals surface area contributed by atoms with Gasteiger partial charge in [0.05, 0.1) is 13.5 Å². The van der Waals surface area contributed by atoms with E-state index >= 15 is 0 Å². The number of nitrogens with one attached hydrogen (secondary N) is 1. The number of amides is 1. The molecule has 0 heterocycles. The summed E-state index contributed by atoms with van der Waals surface area (Å²) in [7, 11) is 1.55. The highest BCUT2D eigenvalue weighted by atomic mass is 16.5. The van der Waals surface area contributed by atoms with E-state index in [2.05, 4.69) is 5.32 Å². The van der Waals surface area contributed by atoms with Crippen LogP contribution in [0.15, 0.2) is 24.3 Å². The number of hydrogen-bond donors (Lipinski definition) is 1. The summed E-state index contributed by atoms with van der Waals surface area (Å²) in [4.78, 5) is 23.0. The van der Waals surface area contributed by atoms with Crippen molar-refractivity contribution in [3.63, 3.8) is 0 Å². The van der Waals surface area contributed by atoms with E-state index in [0.29, 0.717) is 12.3 Å². The Kier molecular flexibility index (Phi) is 7.17. The number of ether oxygens (including phenoxy) is 2. The zero-order valence-corrected chi connectivity index (χ0v) is 12.0. The lowest BCUT2D eigenvalue weighted by molar-refractivity contribution is -0.147. The van der Waals surface area contributed by atoms with Gasteiger partial charge in [-0.3, -0.25) is 9.59 Å². The molecule has 0 aromatic heterocycles. The first-order chi connectivity index (χ1) is 9.67. The van der Waals surface area contributed by atoms with Crippen molar-refractivity contribution in [3.8, 4) is 5.75 Å². The molecule has 0 atom stereocenters. The molecule has 1 N–H and O–H groups in total. The van der Waals surface area contributed by atoms with Crippen molar-refractivity contribution in [2.75, 3.05) is 20.3 Å². The van der Waals surface area contributed by atoms with Gasteiger partial charge < -0.3 is 14.8 Å². The van der Waals surface area contributed by atoms with Crippen LogP contribution in [0.5, 0.6) is 5.75 Å². The van der Waals surface area contributed by atoms with Crippen molar-refractivity contribution >= 4 is 11.9 Å². The monoisotopic (exact) mass is 279 g/mol. The van der Waals surface area contributed by atoms with Crippen molar-refractivity contribution in [1.29, 1.82) is 0 Å². The Morgan fingerprint density at radius 2 is 2.00 bits per heavy atom. The van der Waals surface area contributed by atoms with Crippen LogP contribution in [0, 0.1) is 0 Å². The summed E-state index contributed by atoms with van der Waals surface area (Å²) < 4.78 is 10.1. The molecule has 1 rings (SSSR count). The highest BCUT2D eigenvalue weighted by Gasteiger charge is 2.11. The summed E-state index contributed by atoms with van der Waals surface area (Å²) in [5.41, 5.74) is 0.742. The number of unbranched alkanes of at least 4 members (excludes halogenated alkanes) is 1. The maximum atomic E-state index is 11.7. The van der Waals surface area contributed by atoms with E-state index < -0.39 is 5.97 Å². The second-order valence-corrected chi connectivity index (χ2v) is 4.35. The largest absolute Gasteiger partial charge is 0.496 e. The second-order valence-electron chi connectivity index (χ2n) is 4.35. The highest BCUT2D eigenvalue weighted by Crippen LogP contribution is 2.17. The second kappa shape index (κ2) is 8.96. The molecule has 0 unspecified atom stereocenters. The van der Waals surface area contributed by atoms with E-state index in [1.807, 2.05) is 19.1 Å². The quantitative estimate of drug-likeness (QED) is 0.581. The zero-order chi connectivity index (χ0) is 14.8. The highest BCUT2D eigenvalue weighted by molar-refractivity contribution is 5.81. The van der Waals surface area contributed by atoms with Crippen molar-refractivity contribution in [3.05, 3.63) is 29.8 Å². The molecule has 1 amide bonds. The minimum atomic E-state index is -0.444. The topological polar surface area (TPSA) is 64.6 Å². The molecule has 0 radical (unpaired) electrons. The normalized spacial score (nSPS) is 9.90. The first kappa shape index (κ1) is 16.0. The molecular weight excluding hydrogens is 258 g/mol. The molecule has 0 bridgehead atoms. The maximum absolute atomic E-state index is 11.7. The molecule has 0 fully saturated rings. The fraction of sp³-hybridized carbons (Fsp3) is 0.467. The van der Waals surface area contributed by atoms with Crippen molar-refractivity contribution < 1.29 is 19.1 Å². The van der Waals surface area contributed by atoms with Crippen LogP contribution < -0.4 is 10.1 Å². The number of para-hydroxylation sites is 1. The predicted molar refractivity (Wildman–Crippen MR) is 75.6 cm³/mol. The molecule has 1 aromatic rings. The summed E-state index contributed by atoms with van der Waals surface area (Å²) in [5.74, 6) is -0.0798. The molecule has 5 nitrogen and oxygen atoms in total. The van der Waals surface area contributed by atoms with E-state index in [9.17, 15) is 9.59 Å². The summed E-state index contributed by atoms with van der Waals surface area (Å²) in [5, 5.41) is 2.68. The fourth-order valence-electron chi connectivity index (χ4n) is 1.66. The molecule has 1 aromatic carbocycles. The number of carbonyl (C=O) groups is 2. The van der Waals surface area contributed by atoms with Crippen LogP contribution in [0.1, 0.15) is 25.3 Å². The maximum Gasteiger partial charge on any atom is 0.310 e. The first-order valence-corrected chi connectivity index (χ1v) is 6.71. The predicted octanol–water partition coefficient (Wildman–Crippen LogP) is 1.70. The van der Waals surface area contributed by atoms with E-state index in [4.69, 9.17) is 9.47 Å². The van der Waals surface area contributed by atoms with Gasteiger partial charge in [-0.1, -0.05) is 31.5 Å². The molecule has 110 valence electrons. The van der Waals surface area contributed by atoms with Crippen molar-refractivity contribution in [1.82, 2.24) is 5.32 Å². The number of hydrogen-bond acceptors (Lipinski definition) is 4. The summed E-state index contributed by atoms with van der Waals surface area (Å²) in [6.07, 6.45) is 2.01. The summed E-state index contributed by atoms with van der Waals surface area (Å²) in [6, 6.07) is 7.22. The van der Waals surface area contributed by atoms with Gasteiger partial charge in [0.1, 0.15) is 5.75 Å². The van der Waals surface area contributed by atoms with Crippen LogP contribution in [0.25, 0.3) is 0 Å². The molecule has 20 heavy (non-hydrogen) atoms. The molecule has 0 spiro atoms. The molecular formula is C15H21NO4. The molecule has 0 aliphatic carbocycles. The van der Waals surface area contributed by atoms with Crippen LogP contribution in [-0.4, -0.2) is 32.1 Å².